The Balaban J connectivity index is 3.27. The highest BCUT2D eigenvalue weighted by atomic mass is 32.1. The van der Waals surface area contributed by atoms with Crippen molar-refractivity contribution in [3.05, 3.63) is 29.3 Å². The Labute approximate surface area is 77.0 Å². The first-order chi connectivity index (χ1) is 5.66. The fourth-order valence-corrected chi connectivity index (χ4v) is 1.37. The average molecular weight is 181 g/mol. The number of hydrogen-bond donors (Lipinski definition) is 2. The number of nitrogens with two attached hydrogens (primary N) is 1. The first-order valence-electron chi connectivity index (χ1n) is 3.77. The molecule has 0 aromatic heterocycles. The van der Waals surface area contributed by atoms with Gasteiger partial charge in [-0.25, -0.2) is 0 Å². The second-order valence-electron chi connectivity index (χ2n) is 2.52. The molecule has 12 heavy (non-hydrogen) atoms. The van der Waals surface area contributed by atoms with E-state index in [1.54, 1.807) is 12.1 Å². The van der Waals surface area contributed by atoms with E-state index in [1.165, 1.54) is 0 Å². The van der Waals surface area contributed by atoms with Crippen molar-refractivity contribution in [1.82, 2.24) is 0 Å². The van der Waals surface area contributed by atoms with Crippen LogP contribution in [0.1, 0.15) is 18.1 Å². The van der Waals surface area contributed by atoms with Gasteiger partial charge in [0.25, 0.3) is 0 Å². The number of aromatic hydroxyl groups is 1. The Morgan fingerprint density at radius 1 is 1.58 bits per heavy atom. The highest BCUT2D eigenvalue weighted by Gasteiger charge is 2.06. The number of hydrogen-bond acceptors (Lipinski definition) is 2. The van der Waals surface area contributed by atoms with Crippen LogP contribution in [0.15, 0.2) is 18.2 Å². The summed E-state index contributed by atoms with van der Waals surface area (Å²) in [7, 11) is 0. The molecule has 3 N–H and O–H groups in total. The van der Waals surface area contributed by atoms with E-state index in [1.807, 2.05) is 13.0 Å². The molecule has 0 saturated carbocycles. The molecule has 0 amide bonds. The van der Waals surface area contributed by atoms with Crippen LogP contribution in [0, 0.1) is 0 Å². The molecule has 1 aromatic carbocycles. The van der Waals surface area contributed by atoms with E-state index in [0.29, 0.717) is 4.99 Å². The van der Waals surface area contributed by atoms with Gasteiger partial charge in [0.2, 0.25) is 0 Å². The first-order valence-corrected chi connectivity index (χ1v) is 4.18. The van der Waals surface area contributed by atoms with Gasteiger partial charge in [-0.1, -0.05) is 31.3 Å². The molecule has 1 rings (SSSR count). The summed E-state index contributed by atoms with van der Waals surface area (Å²) in [6, 6.07) is 5.20. The molecular weight excluding hydrogens is 170 g/mol. The van der Waals surface area contributed by atoms with Crippen molar-refractivity contribution >= 4 is 17.2 Å². The number of phenolic OH excluding ortho intramolecular Hbond substituents is 1. The molecule has 0 fully saturated rings. The zero-order chi connectivity index (χ0) is 9.14. The Morgan fingerprint density at radius 2 is 2.25 bits per heavy atom. The Kier molecular flexibility index (Phi) is 2.65. The number of thiocarbonyl (C=S) groups is 1. The maximum absolute atomic E-state index is 9.43. The summed E-state index contributed by atoms with van der Waals surface area (Å²) in [6.07, 6.45) is 0.735. The van der Waals surface area contributed by atoms with Gasteiger partial charge in [0.15, 0.2) is 0 Å². The summed E-state index contributed by atoms with van der Waals surface area (Å²) >= 11 is 4.84. The van der Waals surface area contributed by atoms with E-state index in [9.17, 15) is 5.11 Å². The summed E-state index contributed by atoms with van der Waals surface area (Å²) in [5, 5.41) is 9.43. The topological polar surface area (TPSA) is 46.2 Å². The van der Waals surface area contributed by atoms with Gasteiger partial charge in [-0.15, -0.1) is 0 Å². The van der Waals surface area contributed by atoms with Gasteiger partial charge in [0.1, 0.15) is 10.7 Å². The zero-order valence-corrected chi connectivity index (χ0v) is 7.69. The predicted octanol–water partition coefficient (Wildman–Crippen LogP) is 1.59. The first kappa shape index (κ1) is 9.00. The molecule has 0 aliphatic heterocycles. The highest BCUT2D eigenvalue weighted by molar-refractivity contribution is 7.80. The molecule has 0 aliphatic carbocycles. The minimum Gasteiger partial charge on any atom is -0.508 e. The lowest BCUT2D eigenvalue weighted by Gasteiger charge is -2.07. The number of phenols is 1. The summed E-state index contributed by atoms with van der Waals surface area (Å²) in [6.45, 7) is 1.96. The van der Waals surface area contributed by atoms with Crippen molar-refractivity contribution in [1.29, 1.82) is 0 Å². The molecule has 0 spiro atoms. The molecule has 0 atom stereocenters. The lowest BCUT2D eigenvalue weighted by molar-refractivity contribution is 0.468. The Bertz CT molecular complexity index is 309. The van der Waals surface area contributed by atoms with E-state index in [2.05, 4.69) is 0 Å². The minimum absolute atomic E-state index is 0.266. The minimum atomic E-state index is 0.266. The SMILES string of the molecule is CCc1c(O)cccc1C(N)=S. The van der Waals surface area contributed by atoms with Gasteiger partial charge in [-0.3, -0.25) is 0 Å². The average Bonchev–Trinajstić information content (AvgIpc) is 2.03. The summed E-state index contributed by atoms with van der Waals surface area (Å²) in [4.78, 5) is 0.336. The summed E-state index contributed by atoms with van der Waals surface area (Å²) in [5.74, 6) is 0.266. The largest absolute Gasteiger partial charge is 0.508 e. The van der Waals surface area contributed by atoms with E-state index in [-0.39, 0.29) is 5.75 Å². The van der Waals surface area contributed by atoms with E-state index in [0.717, 1.165) is 17.5 Å². The molecule has 3 heteroatoms. The van der Waals surface area contributed by atoms with Gasteiger partial charge in [0.05, 0.1) is 0 Å². The van der Waals surface area contributed by atoms with Crippen molar-refractivity contribution in [2.45, 2.75) is 13.3 Å². The van der Waals surface area contributed by atoms with Crippen LogP contribution in [-0.2, 0) is 6.42 Å². The van der Waals surface area contributed by atoms with Gasteiger partial charge >= 0.3 is 0 Å². The quantitative estimate of drug-likeness (QED) is 0.681. The van der Waals surface area contributed by atoms with Crippen LogP contribution in [0.2, 0.25) is 0 Å². The lowest BCUT2D eigenvalue weighted by atomic mass is 10.0. The van der Waals surface area contributed by atoms with Crippen molar-refractivity contribution in [3.8, 4) is 5.75 Å². The van der Waals surface area contributed by atoms with Gasteiger partial charge in [-0.05, 0) is 12.5 Å². The summed E-state index contributed by atoms with van der Waals surface area (Å²) < 4.78 is 0. The molecule has 2 nitrogen and oxygen atoms in total. The monoisotopic (exact) mass is 181 g/mol. The second kappa shape index (κ2) is 3.54. The third-order valence-electron chi connectivity index (χ3n) is 1.77. The van der Waals surface area contributed by atoms with E-state index < -0.39 is 0 Å². The molecule has 0 aliphatic rings. The molecule has 1 aromatic rings. The van der Waals surface area contributed by atoms with E-state index >= 15 is 0 Å². The third-order valence-corrected chi connectivity index (χ3v) is 1.99. The zero-order valence-electron chi connectivity index (χ0n) is 6.87. The van der Waals surface area contributed by atoms with Crippen LogP contribution >= 0.6 is 12.2 Å². The van der Waals surface area contributed by atoms with E-state index in [4.69, 9.17) is 18.0 Å². The van der Waals surface area contributed by atoms with Crippen LogP contribution < -0.4 is 5.73 Å². The molecule has 0 radical (unpaired) electrons. The third kappa shape index (κ3) is 1.56. The predicted molar refractivity (Wildman–Crippen MR) is 53.4 cm³/mol. The Morgan fingerprint density at radius 3 is 2.67 bits per heavy atom. The van der Waals surface area contributed by atoms with Gasteiger partial charge in [0, 0.05) is 11.1 Å². The molecule has 0 saturated heterocycles. The smallest absolute Gasteiger partial charge is 0.119 e. The van der Waals surface area contributed by atoms with Crippen LogP contribution in [0.4, 0.5) is 0 Å². The van der Waals surface area contributed by atoms with Crippen LogP contribution in [-0.4, -0.2) is 10.1 Å². The number of benzene rings is 1. The van der Waals surface area contributed by atoms with Gasteiger partial charge < -0.3 is 10.8 Å². The second-order valence-corrected chi connectivity index (χ2v) is 2.96. The molecule has 0 unspecified atom stereocenters. The van der Waals surface area contributed by atoms with Crippen LogP contribution in [0.25, 0.3) is 0 Å². The van der Waals surface area contributed by atoms with Crippen molar-refractivity contribution in [2.75, 3.05) is 0 Å². The number of rotatable bonds is 2. The Hall–Kier alpha value is -1.09. The lowest BCUT2D eigenvalue weighted by Crippen LogP contribution is -2.11. The molecule has 64 valence electrons. The molecular formula is C9H11NOS. The van der Waals surface area contributed by atoms with Crippen molar-refractivity contribution < 1.29 is 5.11 Å². The van der Waals surface area contributed by atoms with Crippen LogP contribution in [0.3, 0.4) is 0 Å². The fourth-order valence-electron chi connectivity index (χ4n) is 1.18. The molecule has 0 heterocycles. The van der Waals surface area contributed by atoms with Crippen molar-refractivity contribution in [2.24, 2.45) is 5.73 Å². The van der Waals surface area contributed by atoms with Gasteiger partial charge in [-0.2, -0.15) is 0 Å². The maximum Gasteiger partial charge on any atom is 0.119 e. The van der Waals surface area contributed by atoms with Crippen molar-refractivity contribution in [3.63, 3.8) is 0 Å². The molecule has 0 bridgehead atoms. The summed E-state index contributed by atoms with van der Waals surface area (Å²) in [5.41, 5.74) is 7.07. The highest BCUT2D eigenvalue weighted by Crippen LogP contribution is 2.21. The maximum atomic E-state index is 9.43. The van der Waals surface area contributed by atoms with Crippen LogP contribution in [0.5, 0.6) is 5.75 Å². The fraction of sp³-hybridized carbons (Fsp3) is 0.222. The standard InChI is InChI=1S/C9H11NOS/c1-2-6-7(9(10)12)4-3-5-8(6)11/h3-5,11H,2H2,1H3,(H2,10,12). The normalized spacial score (nSPS) is 9.75.